The minimum Gasteiger partial charge on any atom is -0.352 e. The maximum Gasteiger partial charge on any atom is 0.243 e. The second-order valence-corrected chi connectivity index (χ2v) is 10.5. The Balaban J connectivity index is 0.00000137. The van der Waals surface area contributed by atoms with E-state index in [2.05, 4.69) is 47.0 Å². The minimum atomic E-state index is -0.810. The van der Waals surface area contributed by atoms with Gasteiger partial charge in [0.25, 0.3) is 0 Å². The van der Waals surface area contributed by atoms with E-state index in [1.807, 2.05) is 11.0 Å². The van der Waals surface area contributed by atoms with Gasteiger partial charge in [0.2, 0.25) is 5.91 Å². The summed E-state index contributed by atoms with van der Waals surface area (Å²) in [6.07, 6.45) is 10.6. The maximum atomic E-state index is 13.2. The third kappa shape index (κ3) is 3.81. The van der Waals surface area contributed by atoms with Gasteiger partial charge < -0.3 is 14.7 Å². The van der Waals surface area contributed by atoms with Crippen LogP contribution in [0.15, 0.2) is 37.9 Å². The van der Waals surface area contributed by atoms with E-state index in [9.17, 15) is 15.3 Å². The maximum absolute atomic E-state index is 13.2. The smallest absolute Gasteiger partial charge is 0.243 e. The average Bonchev–Trinajstić information content (AvgIpc) is 3.26. The Kier molecular flexibility index (Phi) is 6.33. The Morgan fingerprint density at radius 2 is 1.81 bits per heavy atom. The van der Waals surface area contributed by atoms with Gasteiger partial charge >= 0.3 is 0 Å². The van der Waals surface area contributed by atoms with Crippen LogP contribution in [-0.2, 0) is 10.2 Å². The number of anilines is 3. The lowest BCUT2D eigenvalue weighted by Gasteiger charge is -2.46. The van der Waals surface area contributed by atoms with Gasteiger partial charge in [0, 0.05) is 49.4 Å². The van der Waals surface area contributed by atoms with Crippen LogP contribution in [0, 0.1) is 28.1 Å². The van der Waals surface area contributed by atoms with Gasteiger partial charge in [0.1, 0.15) is 29.4 Å². The number of nitriles is 2. The number of hydrogen-bond donors (Lipinski definition) is 0. The molecule has 1 spiro atoms. The molecule has 0 aromatic carbocycles. The molecule has 2 aromatic rings. The Morgan fingerprint density at radius 1 is 1.08 bits per heavy atom. The van der Waals surface area contributed by atoms with E-state index < -0.39 is 5.41 Å². The average molecular weight is 497 g/mol. The van der Waals surface area contributed by atoms with E-state index in [0.29, 0.717) is 38.0 Å². The Bertz CT molecular complexity index is 1290. The van der Waals surface area contributed by atoms with Crippen molar-refractivity contribution in [1.29, 1.82) is 10.5 Å². The second kappa shape index (κ2) is 9.48. The van der Waals surface area contributed by atoms with E-state index in [4.69, 9.17) is 9.97 Å². The van der Waals surface area contributed by atoms with Crippen LogP contribution >= 0.6 is 0 Å². The summed E-state index contributed by atoms with van der Waals surface area (Å²) in [5, 5.41) is 19.0. The highest BCUT2D eigenvalue weighted by atomic mass is 16.2. The van der Waals surface area contributed by atoms with Crippen LogP contribution in [0.1, 0.15) is 56.6 Å². The van der Waals surface area contributed by atoms with Crippen molar-refractivity contribution in [2.75, 3.05) is 36.0 Å². The van der Waals surface area contributed by atoms with Crippen molar-refractivity contribution in [3.63, 3.8) is 0 Å². The summed E-state index contributed by atoms with van der Waals surface area (Å²) in [7, 11) is 0. The molecule has 4 aliphatic rings. The highest BCUT2D eigenvalue weighted by Crippen LogP contribution is 2.56. The van der Waals surface area contributed by atoms with Crippen LogP contribution in [0.3, 0.4) is 0 Å². The molecule has 1 atom stereocenters. The summed E-state index contributed by atoms with van der Waals surface area (Å²) < 4.78 is 0. The van der Waals surface area contributed by atoms with Crippen LogP contribution in [0.5, 0.6) is 0 Å². The van der Waals surface area contributed by atoms with Gasteiger partial charge in [0.15, 0.2) is 0 Å². The zero-order chi connectivity index (χ0) is 26.2. The summed E-state index contributed by atoms with van der Waals surface area (Å²) >= 11 is 0. The first-order chi connectivity index (χ1) is 18.0. The SMILES string of the molecule is C=C.C[C@@H]1CN(c2ncnc3c2C2(CCC2)CN3c2cncc(C#N)c2)CCN1C(=O)C1(C#N)CCC1. The fourth-order valence-electron chi connectivity index (χ4n) is 6.23. The van der Waals surface area contributed by atoms with Crippen molar-refractivity contribution in [2.24, 2.45) is 5.41 Å². The van der Waals surface area contributed by atoms with Crippen molar-refractivity contribution >= 4 is 23.2 Å². The molecule has 1 saturated heterocycles. The molecule has 2 saturated carbocycles. The zero-order valence-corrected chi connectivity index (χ0v) is 21.4. The number of fused-ring (bicyclic) bond motifs is 2. The third-order valence-electron chi connectivity index (χ3n) is 8.55. The molecule has 0 unspecified atom stereocenters. The van der Waals surface area contributed by atoms with Gasteiger partial charge in [-0.3, -0.25) is 9.78 Å². The van der Waals surface area contributed by atoms with Crippen molar-refractivity contribution < 1.29 is 4.79 Å². The first-order valence-corrected chi connectivity index (χ1v) is 13.0. The zero-order valence-electron chi connectivity index (χ0n) is 21.4. The Morgan fingerprint density at radius 3 is 2.41 bits per heavy atom. The van der Waals surface area contributed by atoms with Gasteiger partial charge in [-0.15, -0.1) is 13.2 Å². The second-order valence-electron chi connectivity index (χ2n) is 10.5. The summed E-state index contributed by atoms with van der Waals surface area (Å²) in [6, 6.07) is 6.36. The van der Waals surface area contributed by atoms with Crippen LogP contribution in [0.4, 0.5) is 17.3 Å². The predicted octanol–water partition coefficient (Wildman–Crippen LogP) is 3.85. The molecule has 1 amide bonds. The third-order valence-corrected chi connectivity index (χ3v) is 8.55. The van der Waals surface area contributed by atoms with E-state index in [-0.39, 0.29) is 17.4 Å². The van der Waals surface area contributed by atoms with Crippen LogP contribution in [-0.4, -0.2) is 58.0 Å². The monoisotopic (exact) mass is 496 g/mol. The molecule has 190 valence electrons. The van der Waals surface area contributed by atoms with Gasteiger partial charge in [-0.1, -0.05) is 6.42 Å². The van der Waals surface area contributed by atoms with Crippen LogP contribution < -0.4 is 9.80 Å². The number of carbonyl (C=O) groups excluding carboxylic acids is 1. The normalized spacial score (nSPS) is 22.5. The highest BCUT2D eigenvalue weighted by Gasteiger charge is 2.52. The highest BCUT2D eigenvalue weighted by molar-refractivity contribution is 5.87. The van der Waals surface area contributed by atoms with Crippen molar-refractivity contribution in [3.8, 4) is 12.1 Å². The van der Waals surface area contributed by atoms with Crippen molar-refractivity contribution in [3.05, 3.63) is 49.1 Å². The summed E-state index contributed by atoms with van der Waals surface area (Å²) in [4.78, 5) is 33.3. The Hall–Kier alpha value is -3.98. The lowest BCUT2D eigenvalue weighted by atomic mass is 9.66. The van der Waals surface area contributed by atoms with E-state index in [0.717, 1.165) is 43.1 Å². The first kappa shape index (κ1) is 24.7. The van der Waals surface area contributed by atoms with Gasteiger partial charge in [-0.05, 0) is 45.1 Å². The number of pyridine rings is 1. The quantitative estimate of drug-likeness (QED) is 0.589. The number of aromatic nitrogens is 3. The summed E-state index contributed by atoms with van der Waals surface area (Å²) in [5.74, 6) is 1.85. The molecule has 6 rings (SSSR count). The molecule has 0 N–H and O–H groups in total. The van der Waals surface area contributed by atoms with Crippen LogP contribution in [0.25, 0.3) is 0 Å². The molecule has 9 heteroatoms. The van der Waals surface area contributed by atoms with E-state index >= 15 is 0 Å². The molecule has 2 aromatic heterocycles. The number of piperazine rings is 1. The molecular formula is C28H32N8O. The number of nitrogens with zero attached hydrogens (tertiary/aromatic N) is 8. The largest absolute Gasteiger partial charge is 0.352 e. The fourth-order valence-corrected chi connectivity index (χ4v) is 6.23. The molecule has 2 aliphatic carbocycles. The number of amides is 1. The van der Waals surface area contributed by atoms with Crippen LogP contribution in [0.2, 0.25) is 0 Å². The van der Waals surface area contributed by atoms with Gasteiger partial charge in [-0.25, -0.2) is 9.97 Å². The number of rotatable bonds is 3. The lowest BCUT2D eigenvalue weighted by molar-refractivity contribution is -0.145. The summed E-state index contributed by atoms with van der Waals surface area (Å²) in [6.45, 7) is 10.8. The van der Waals surface area contributed by atoms with Crippen molar-refractivity contribution in [2.45, 2.75) is 56.9 Å². The molecule has 3 fully saturated rings. The molecule has 9 nitrogen and oxygen atoms in total. The molecular weight excluding hydrogens is 464 g/mol. The summed E-state index contributed by atoms with van der Waals surface area (Å²) in [5.41, 5.74) is 1.79. The lowest BCUT2D eigenvalue weighted by Crippen LogP contribution is -2.59. The molecule has 0 bridgehead atoms. The van der Waals surface area contributed by atoms with Crippen molar-refractivity contribution in [1.82, 2.24) is 19.9 Å². The number of hydrogen-bond acceptors (Lipinski definition) is 8. The van der Waals surface area contributed by atoms with E-state index in [1.54, 1.807) is 18.7 Å². The Labute approximate surface area is 218 Å². The molecule has 0 radical (unpaired) electrons. The molecule has 4 heterocycles. The van der Waals surface area contributed by atoms with Gasteiger partial charge in [-0.2, -0.15) is 10.5 Å². The number of carbonyl (C=O) groups is 1. The van der Waals surface area contributed by atoms with E-state index in [1.165, 1.54) is 12.0 Å². The molecule has 2 aliphatic heterocycles. The first-order valence-electron chi connectivity index (χ1n) is 13.0. The van der Waals surface area contributed by atoms with Gasteiger partial charge in [0.05, 0.1) is 23.5 Å². The standard InChI is InChI=1S/C26H28N8O.C2H4/c1-18-14-32(8-9-33(18)24(35)25(15-28)4-2-5-25)22-21-23(31-17-30-22)34(16-26(21)6-3-7-26)20-10-19(11-27)12-29-13-20;1-2/h10,12-13,17-18H,2-9,14,16H2,1H3;1-2H2/t18-;/m1./s1. The topological polar surface area (TPSA) is 113 Å². The predicted molar refractivity (Wildman–Crippen MR) is 140 cm³/mol. The molecule has 37 heavy (non-hydrogen) atoms. The minimum absolute atomic E-state index is 0.000882. The fraction of sp³-hybridized carbons (Fsp3) is 0.500.